The van der Waals surface area contributed by atoms with E-state index < -0.39 is 0 Å². The Labute approximate surface area is 159 Å². The summed E-state index contributed by atoms with van der Waals surface area (Å²) in [6.07, 6.45) is 6.66. The first-order valence-corrected chi connectivity index (χ1v) is 9.39. The summed E-state index contributed by atoms with van der Waals surface area (Å²) in [5.74, 6) is 1.50. The van der Waals surface area contributed by atoms with Crippen LogP contribution in [0.3, 0.4) is 0 Å². The summed E-state index contributed by atoms with van der Waals surface area (Å²) in [6.45, 7) is 4.49. The lowest BCUT2D eigenvalue weighted by atomic mass is 9.93. The van der Waals surface area contributed by atoms with Gasteiger partial charge in [-0.3, -0.25) is 0 Å². The third-order valence-electron chi connectivity index (χ3n) is 4.94. The monoisotopic (exact) mass is 372 g/mol. The van der Waals surface area contributed by atoms with Crippen molar-refractivity contribution in [3.8, 4) is 11.5 Å². The van der Waals surface area contributed by atoms with Gasteiger partial charge in [-0.1, -0.05) is 11.2 Å². The number of benzene rings is 1. The Morgan fingerprint density at radius 3 is 2.67 bits per heavy atom. The molecule has 0 unspecified atom stereocenters. The maximum Gasteiger partial charge on any atom is 0.250 e. The Morgan fingerprint density at radius 1 is 1.19 bits per heavy atom. The molecule has 0 aliphatic carbocycles. The molecule has 1 fully saturated rings. The van der Waals surface area contributed by atoms with Gasteiger partial charge in [-0.25, -0.2) is 0 Å². The van der Waals surface area contributed by atoms with Crippen molar-refractivity contribution < 1.29 is 14.7 Å². The lowest BCUT2D eigenvalue weighted by Gasteiger charge is -2.32. The fraction of sp³-hybridized carbons (Fsp3) is 0.500. The molecule has 2 heterocycles. The fourth-order valence-corrected chi connectivity index (χ4v) is 3.24. The minimum Gasteiger partial charge on any atom is -0.504 e. The minimum absolute atomic E-state index is 0.139. The van der Waals surface area contributed by atoms with Crippen LogP contribution in [0.2, 0.25) is 0 Å². The fourth-order valence-electron chi connectivity index (χ4n) is 3.24. The van der Waals surface area contributed by atoms with Crippen molar-refractivity contribution in [2.45, 2.75) is 19.3 Å². The zero-order chi connectivity index (χ0) is 19.2. The van der Waals surface area contributed by atoms with Gasteiger partial charge in [-0.15, -0.1) is 0 Å². The Balaban J connectivity index is 1.48. The largest absolute Gasteiger partial charge is 0.504 e. The summed E-state index contributed by atoms with van der Waals surface area (Å²) in [4.78, 5) is 9.19. The highest BCUT2D eigenvalue weighted by Crippen LogP contribution is 2.26. The van der Waals surface area contributed by atoms with Crippen molar-refractivity contribution in [1.82, 2.24) is 19.9 Å². The molecule has 7 nitrogen and oxygen atoms in total. The first-order chi connectivity index (χ1) is 13.0. The van der Waals surface area contributed by atoms with E-state index in [4.69, 9.17) is 4.52 Å². The predicted octanol–water partition coefficient (Wildman–Crippen LogP) is 2.47. The Hall–Kier alpha value is -2.38. The molecule has 0 bridgehead atoms. The highest BCUT2D eigenvalue weighted by atomic mass is 16.5. The van der Waals surface area contributed by atoms with Gasteiger partial charge >= 0.3 is 0 Å². The van der Waals surface area contributed by atoms with Gasteiger partial charge in [-0.05, 0) is 69.7 Å². The number of phenols is 2. The molecule has 0 spiro atoms. The molecule has 3 rings (SSSR count). The van der Waals surface area contributed by atoms with E-state index in [-0.39, 0.29) is 11.5 Å². The molecule has 1 aliphatic heterocycles. The van der Waals surface area contributed by atoms with Crippen LogP contribution in [0.5, 0.6) is 11.5 Å². The molecule has 0 atom stereocenters. The van der Waals surface area contributed by atoms with E-state index in [1.165, 1.54) is 25.0 Å². The lowest BCUT2D eigenvalue weighted by molar-refractivity contribution is 0.169. The number of hydrogen-bond donors (Lipinski definition) is 2. The number of likely N-dealkylation sites (N-methyl/N-ethyl adjacent to an activating group) is 1. The third-order valence-corrected chi connectivity index (χ3v) is 4.94. The number of rotatable bonds is 7. The van der Waals surface area contributed by atoms with Crippen LogP contribution >= 0.6 is 0 Å². The van der Waals surface area contributed by atoms with Gasteiger partial charge in [0.1, 0.15) is 0 Å². The molecule has 0 saturated carbocycles. The second-order valence-electron chi connectivity index (χ2n) is 7.42. The topological polar surface area (TPSA) is 85.9 Å². The molecule has 1 aromatic carbocycles. The Bertz CT molecular complexity index is 764. The molecular weight excluding hydrogens is 344 g/mol. The zero-order valence-corrected chi connectivity index (χ0v) is 16.0. The van der Waals surface area contributed by atoms with Gasteiger partial charge in [0.15, 0.2) is 17.3 Å². The molecule has 2 aromatic rings. The molecule has 0 amide bonds. The van der Waals surface area contributed by atoms with E-state index in [1.54, 1.807) is 18.2 Å². The summed E-state index contributed by atoms with van der Waals surface area (Å²) in [5, 5.41) is 22.9. The van der Waals surface area contributed by atoms with Crippen LogP contribution in [0.4, 0.5) is 0 Å². The van der Waals surface area contributed by atoms with Gasteiger partial charge in [0.25, 0.3) is 5.89 Å². The molecule has 146 valence electrons. The Kier molecular flexibility index (Phi) is 6.47. The summed E-state index contributed by atoms with van der Waals surface area (Å²) in [6, 6.07) is 4.62. The van der Waals surface area contributed by atoms with E-state index in [2.05, 4.69) is 34.0 Å². The van der Waals surface area contributed by atoms with Gasteiger partial charge in [-0.2, -0.15) is 4.98 Å². The molecule has 27 heavy (non-hydrogen) atoms. The quantitative estimate of drug-likeness (QED) is 0.722. The summed E-state index contributed by atoms with van der Waals surface area (Å²) in [5.41, 5.74) is 0.746. The first kappa shape index (κ1) is 19.4. The molecule has 1 aliphatic rings. The highest BCUT2D eigenvalue weighted by Gasteiger charge is 2.21. The number of aromatic nitrogens is 2. The first-order valence-electron chi connectivity index (χ1n) is 9.39. The van der Waals surface area contributed by atoms with Crippen LogP contribution in [0, 0.1) is 5.92 Å². The average Bonchev–Trinajstić information content (AvgIpc) is 3.09. The van der Waals surface area contributed by atoms with E-state index in [0.29, 0.717) is 11.8 Å². The molecular formula is C20H28N4O3. The van der Waals surface area contributed by atoms with Crippen molar-refractivity contribution in [1.29, 1.82) is 0 Å². The molecule has 2 N–H and O–H groups in total. The number of hydrogen-bond acceptors (Lipinski definition) is 7. The SMILES string of the molecule is CN(C)CCN1CCC(Cc2noc(C=Cc3ccc(O)c(O)c3)n2)CC1. The van der Waals surface area contributed by atoms with Crippen LogP contribution in [-0.2, 0) is 6.42 Å². The van der Waals surface area contributed by atoms with Crippen molar-refractivity contribution in [2.24, 2.45) is 5.92 Å². The van der Waals surface area contributed by atoms with Gasteiger partial charge in [0, 0.05) is 25.6 Å². The summed E-state index contributed by atoms with van der Waals surface area (Å²) >= 11 is 0. The van der Waals surface area contributed by atoms with Crippen LogP contribution in [-0.4, -0.2) is 70.4 Å². The van der Waals surface area contributed by atoms with Crippen molar-refractivity contribution in [2.75, 3.05) is 40.3 Å². The summed E-state index contributed by atoms with van der Waals surface area (Å²) < 4.78 is 5.29. The van der Waals surface area contributed by atoms with Crippen LogP contribution in [0.1, 0.15) is 30.1 Å². The van der Waals surface area contributed by atoms with Crippen LogP contribution < -0.4 is 0 Å². The van der Waals surface area contributed by atoms with Gasteiger partial charge in [0.05, 0.1) is 0 Å². The van der Waals surface area contributed by atoms with E-state index in [1.807, 2.05) is 0 Å². The number of nitrogens with zero attached hydrogens (tertiary/aromatic N) is 4. The number of aromatic hydroxyl groups is 2. The van der Waals surface area contributed by atoms with Crippen molar-refractivity contribution >= 4 is 12.2 Å². The van der Waals surface area contributed by atoms with E-state index in [9.17, 15) is 10.2 Å². The van der Waals surface area contributed by atoms with E-state index in [0.717, 1.165) is 44.0 Å². The van der Waals surface area contributed by atoms with E-state index >= 15 is 0 Å². The predicted molar refractivity (Wildman–Crippen MR) is 104 cm³/mol. The average molecular weight is 372 g/mol. The summed E-state index contributed by atoms with van der Waals surface area (Å²) in [7, 11) is 4.22. The van der Waals surface area contributed by atoms with Crippen molar-refractivity contribution in [3.05, 3.63) is 35.5 Å². The van der Waals surface area contributed by atoms with Crippen LogP contribution in [0.25, 0.3) is 12.2 Å². The number of piperidine rings is 1. The second kappa shape index (κ2) is 9.01. The highest BCUT2D eigenvalue weighted by molar-refractivity contribution is 5.67. The second-order valence-corrected chi connectivity index (χ2v) is 7.42. The van der Waals surface area contributed by atoms with Crippen LogP contribution in [0.15, 0.2) is 22.7 Å². The smallest absolute Gasteiger partial charge is 0.250 e. The standard InChI is InChI=1S/C20H28N4O3/c1-23(2)11-12-24-9-7-16(8-10-24)14-19-21-20(27-22-19)6-4-15-3-5-17(25)18(26)13-15/h3-6,13,16,25-26H,7-12,14H2,1-2H3. The molecule has 1 saturated heterocycles. The maximum atomic E-state index is 9.52. The Morgan fingerprint density at radius 2 is 1.96 bits per heavy atom. The number of likely N-dealkylation sites (tertiary alicyclic amines) is 1. The van der Waals surface area contributed by atoms with Crippen molar-refractivity contribution in [3.63, 3.8) is 0 Å². The van der Waals surface area contributed by atoms with Gasteiger partial charge in [0.2, 0.25) is 0 Å². The minimum atomic E-state index is -0.153. The molecule has 1 aromatic heterocycles. The third kappa shape index (κ3) is 5.80. The molecule has 0 radical (unpaired) electrons. The van der Waals surface area contributed by atoms with Gasteiger partial charge < -0.3 is 24.5 Å². The lowest BCUT2D eigenvalue weighted by Crippen LogP contribution is -2.38. The normalized spacial score (nSPS) is 16.6. The maximum absolute atomic E-state index is 9.52. The molecule has 7 heteroatoms. The zero-order valence-electron chi connectivity index (χ0n) is 16.0. The number of phenolic OH excluding ortho intramolecular Hbond substituents is 2.